The predicted molar refractivity (Wildman–Crippen MR) is 96.5 cm³/mol. The molecule has 0 aromatic carbocycles. The molecule has 140 valence electrons. The van der Waals surface area contributed by atoms with Crippen LogP contribution in [0.2, 0.25) is 0 Å². The highest BCUT2D eigenvalue weighted by molar-refractivity contribution is 5.82. The van der Waals surface area contributed by atoms with Crippen molar-refractivity contribution in [1.82, 2.24) is 14.8 Å². The molecule has 3 heterocycles. The monoisotopic (exact) mass is 357 g/mol. The van der Waals surface area contributed by atoms with E-state index in [1.807, 2.05) is 12.1 Å². The summed E-state index contributed by atoms with van der Waals surface area (Å²) >= 11 is 0. The number of aryl methyl sites for hydroxylation is 1. The van der Waals surface area contributed by atoms with E-state index < -0.39 is 11.4 Å². The molecular formula is C20H27N3O3. The summed E-state index contributed by atoms with van der Waals surface area (Å²) in [5.74, 6) is -0.595. The lowest BCUT2D eigenvalue weighted by Crippen LogP contribution is -2.43. The van der Waals surface area contributed by atoms with Crippen LogP contribution in [0.15, 0.2) is 24.5 Å². The van der Waals surface area contributed by atoms with E-state index in [-0.39, 0.29) is 11.8 Å². The number of hydrogen-bond acceptors (Lipinski definition) is 4. The second-order valence-corrected chi connectivity index (χ2v) is 8.16. The molecule has 26 heavy (non-hydrogen) atoms. The van der Waals surface area contributed by atoms with Gasteiger partial charge in [-0.2, -0.15) is 0 Å². The molecule has 1 saturated carbocycles. The van der Waals surface area contributed by atoms with Gasteiger partial charge in [-0.1, -0.05) is 12.8 Å². The van der Waals surface area contributed by atoms with Crippen LogP contribution in [0.25, 0.3) is 0 Å². The standard InChI is InChI=1S/C20H27N3O3/c24-18(6-5-15-7-9-21-10-8-15)23-12-16-11-22(17-3-1-2-4-17)13-20(16,14-23)19(25)26/h7-10,16-17H,1-6,11-14H2,(H,25,26)/t16-,20-/m1/s1. The lowest BCUT2D eigenvalue weighted by Gasteiger charge is -2.28. The van der Waals surface area contributed by atoms with Crippen LogP contribution in [0.3, 0.4) is 0 Å². The average Bonchev–Trinajstić information content (AvgIpc) is 3.34. The second-order valence-electron chi connectivity index (χ2n) is 8.16. The number of carbonyl (C=O) groups is 2. The number of hydrogen-bond donors (Lipinski definition) is 1. The maximum atomic E-state index is 12.7. The Hall–Kier alpha value is -1.95. The molecular weight excluding hydrogens is 330 g/mol. The van der Waals surface area contributed by atoms with Gasteiger partial charge in [0.15, 0.2) is 0 Å². The number of carboxylic acids is 1. The van der Waals surface area contributed by atoms with Gasteiger partial charge in [-0.15, -0.1) is 0 Å². The minimum atomic E-state index is -0.769. The van der Waals surface area contributed by atoms with Gasteiger partial charge < -0.3 is 10.0 Å². The Morgan fingerprint density at radius 1 is 1.15 bits per heavy atom. The lowest BCUT2D eigenvalue weighted by atomic mass is 9.81. The van der Waals surface area contributed by atoms with E-state index in [1.54, 1.807) is 17.3 Å². The Balaban J connectivity index is 1.39. The van der Waals surface area contributed by atoms with Gasteiger partial charge in [0.1, 0.15) is 5.41 Å². The number of fused-ring (bicyclic) bond motifs is 1. The molecule has 2 saturated heterocycles. The quantitative estimate of drug-likeness (QED) is 0.870. The average molecular weight is 357 g/mol. The van der Waals surface area contributed by atoms with Gasteiger partial charge in [0.2, 0.25) is 5.91 Å². The van der Waals surface area contributed by atoms with Crippen molar-refractivity contribution >= 4 is 11.9 Å². The van der Waals surface area contributed by atoms with Crippen molar-refractivity contribution < 1.29 is 14.7 Å². The van der Waals surface area contributed by atoms with Gasteiger partial charge in [0, 0.05) is 57.0 Å². The minimum Gasteiger partial charge on any atom is -0.481 e. The van der Waals surface area contributed by atoms with Crippen LogP contribution in [-0.2, 0) is 16.0 Å². The molecule has 4 rings (SSSR count). The van der Waals surface area contributed by atoms with Crippen molar-refractivity contribution in [1.29, 1.82) is 0 Å². The largest absolute Gasteiger partial charge is 0.481 e. The highest BCUT2D eigenvalue weighted by Crippen LogP contribution is 2.45. The molecule has 0 unspecified atom stereocenters. The normalized spacial score (nSPS) is 29.2. The third kappa shape index (κ3) is 3.11. The smallest absolute Gasteiger partial charge is 0.313 e. The van der Waals surface area contributed by atoms with Gasteiger partial charge in [0.25, 0.3) is 0 Å². The van der Waals surface area contributed by atoms with Crippen LogP contribution in [0.4, 0.5) is 0 Å². The molecule has 0 radical (unpaired) electrons. The lowest BCUT2D eigenvalue weighted by molar-refractivity contribution is -0.149. The van der Waals surface area contributed by atoms with E-state index in [2.05, 4.69) is 9.88 Å². The fourth-order valence-electron chi connectivity index (χ4n) is 5.10. The molecule has 6 heteroatoms. The maximum Gasteiger partial charge on any atom is 0.313 e. The molecule has 3 aliphatic rings. The van der Waals surface area contributed by atoms with E-state index in [9.17, 15) is 14.7 Å². The van der Waals surface area contributed by atoms with Crippen molar-refractivity contribution in [2.75, 3.05) is 26.2 Å². The zero-order valence-electron chi connectivity index (χ0n) is 15.1. The number of carboxylic acid groups (broad SMARTS) is 1. The van der Waals surface area contributed by atoms with Crippen molar-refractivity contribution in [3.05, 3.63) is 30.1 Å². The fourth-order valence-corrected chi connectivity index (χ4v) is 5.10. The summed E-state index contributed by atoms with van der Waals surface area (Å²) in [4.78, 5) is 33.0. The summed E-state index contributed by atoms with van der Waals surface area (Å²) in [5, 5.41) is 9.97. The van der Waals surface area contributed by atoms with Gasteiger partial charge in [0.05, 0.1) is 0 Å². The number of likely N-dealkylation sites (tertiary alicyclic amines) is 2. The predicted octanol–water partition coefficient (Wildman–Crippen LogP) is 1.80. The molecule has 0 spiro atoms. The van der Waals surface area contributed by atoms with Crippen LogP contribution in [-0.4, -0.2) is 64.0 Å². The minimum absolute atomic E-state index is 0.0606. The van der Waals surface area contributed by atoms with Crippen molar-refractivity contribution in [2.24, 2.45) is 11.3 Å². The molecule has 1 N–H and O–H groups in total. The summed E-state index contributed by atoms with van der Waals surface area (Å²) < 4.78 is 0. The number of aromatic nitrogens is 1. The fraction of sp³-hybridized carbons (Fsp3) is 0.650. The number of rotatable bonds is 5. The summed E-state index contributed by atoms with van der Waals surface area (Å²) in [7, 11) is 0. The third-order valence-electron chi connectivity index (χ3n) is 6.63. The SMILES string of the molecule is O=C(CCc1ccncc1)N1C[C@H]2CN(C3CCCC3)C[C@@]2(C(=O)O)C1. The molecule has 1 aromatic heterocycles. The van der Waals surface area contributed by atoms with Gasteiger partial charge in [-0.05, 0) is 37.0 Å². The highest BCUT2D eigenvalue weighted by atomic mass is 16.4. The van der Waals surface area contributed by atoms with E-state index in [0.717, 1.165) is 12.1 Å². The van der Waals surface area contributed by atoms with Gasteiger partial charge in [-0.25, -0.2) is 0 Å². The molecule has 2 aliphatic heterocycles. The van der Waals surface area contributed by atoms with E-state index in [4.69, 9.17) is 0 Å². The van der Waals surface area contributed by atoms with Crippen molar-refractivity contribution in [2.45, 2.75) is 44.6 Å². The van der Waals surface area contributed by atoms with Crippen LogP contribution in [0.5, 0.6) is 0 Å². The first-order valence-corrected chi connectivity index (χ1v) is 9.72. The van der Waals surface area contributed by atoms with Crippen LogP contribution >= 0.6 is 0 Å². The molecule has 3 fully saturated rings. The first-order chi connectivity index (χ1) is 12.6. The number of amides is 1. The molecule has 1 aromatic rings. The second kappa shape index (κ2) is 6.99. The first kappa shape index (κ1) is 17.5. The summed E-state index contributed by atoms with van der Waals surface area (Å²) in [5.41, 5.74) is 0.322. The van der Waals surface area contributed by atoms with Gasteiger partial charge >= 0.3 is 5.97 Å². The van der Waals surface area contributed by atoms with Crippen LogP contribution in [0, 0.1) is 11.3 Å². The maximum absolute atomic E-state index is 12.7. The Kier molecular flexibility index (Phi) is 4.69. The molecule has 1 aliphatic carbocycles. The highest BCUT2D eigenvalue weighted by Gasteiger charge is 2.59. The topological polar surface area (TPSA) is 73.7 Å². The zero-order chi connectivity index (χ0) is 18.1. The Labute approximate surface area is 154 Å². The van der Waals surface area contributed by atoms with Gasteiger partial charge in [-0.3, -0.25) is 19.5 Å². The number of nitrogens with zero attached hydrogens (tertiary/aromatic N) is 3. The Bertz CT molecular complexity index is 674. The molecule has 6 nitrogen and oxygen atoms in total. The van der Waals surface area contributed by atoms with E-state index in [1.165, 1.54) is 25.7 Å². The summed E-state index contributed by atoms with van der Waals surface area (Å²) in [6, 6.07) is 4.39. The first-order valence-electron chi connectivity index (χ1n) is 9.72. The van der Waals surface area contributed by atoms with E-state index >= 15 is 0 Å². The number of carbonyl (C=O) groups excluding carboxylic acids is 1. The van der Waals surface area contributed by atoms with E-state index in [0.29, 0.717) is 38.5 Å². The zero-order valence-corrected chi connectivity index (χ0v) is 15.1. The summed E-state index contributed by atoms with van der Waals surface area (Å²) in [6.45, 7) is 2.38. The van der Waals surface area contributed by atoms with Crippen molar-refractivity contribution in [3.8, 4) is 0 Å². The Morgan fingerprint density at radius 3 is 2.54 bits per heavy atom. The summed E-state index contributed by atoms with van der Waals surface area (Å²) in [6.07, 6.45) is 9.47. The van der Waals surface area contributed by atoms with Crippen molar-refractivity contribution in [3.63, 3.8) is 0 Å². The van der Waals surface area contributed by atoms with Crippen LogP contribution < -0.4 is 0 Å². The molecule has 0 bridgehead atoms. The molecule has 2 atom stereocenters. The van der Waals surface area contributed by atoms with Crippen LogP contribution in [0.1, 0.15) is 37.7 Å². The number of pyridine rings is 1. The third-order valence-corrected chi connectivity index (χ3v) is 6.63. The molecule has 1 amide bonds. The number of aliphatic carboxylic acids is 1. The Morgan fingerprint density at radius 2 is 1.88 bits per heavy atom.